The Morgan fingerprint density at radius 1 is 0.474 bits per heavy atom. The van der Waals surface area contributed by atoms with Gasteiger partial charge in [0.15, 0.2) is 0 Å². The molecule has 0 aromatic carbocycles. The van der Waals surface area contributed by atoms with Crippen LogP contribution in [-0.2, 0) is 23.8 Å². The van der Waals surface area contributed by atoms with Gasteiger partial charge in [0.05, 0.1) is 31.0 Å². The summed E-state index contributed by atoms with van der Waals surface area (Å²) in [5.74, 6) is 8.84. The van der Waals surface area contributed by atoms with Gasteiger partial charge in [-0.05, 0) is 311 Å². The lowest BCUT2D eigenvalue weighted by molar-refractivity contribution is -0.250. The zero-order valence-electron chi connectivity index (χ0n) is 63.0. The van der Waals surface area contributed by atoms with Crippen LogP contribution in [-0.4, -0.2) is 83.2 Å². The van der Waals surface area contributed by atoms with Crippen molar-refractivity contribution in [2.45, 2.75) is 331 Å². The molecule has 0 heterocycles. The van der Waals surface area contributed by atoms with Gasteiger partial charge in [0.2, 0.25) is 0 Å². The Hall–Kier alpha value is -1.78. The van der Waals surface area contributed by atoms with Crippen LogP contribution < -0.4 is 0 Å². The molecule has 95 heavy (non-hydrogen) atoms. The van der Waals surface area contributed by atoms with E-state index in [4.69, 9.17) is 19.3 Å². The van der Waals surface area contributed by atoms with Crippen LogP contribution >= 0.6 is 0 Å². The molecule has 12 aliphatic carbocycles. The van der Waals surface area contributed by atoms with Gasteiger partial charge in [0.25, 0.3) is 0 Å². The van der Waals surface area contributed by atoms with Gasteiger partial charge in [0.1, 0.15) is 13.2 Å². The molecule has 8 unspecified atom stereocenters. The summed E-state index contributed by atoms with van der Waals surface area (Å²) in [6.45, 7) is 53.3. The second kappa shape index (κ2) is 28.8. The Kier molecular flexibility index (Phi) is 23.9. The summed E-state index contributed by atoms with van der Waals surface area (Å²) < 4.78 is 18.1. The summed E-state index contributed by atoms with van der Waals surface area (Å²) in [6, 6.07) is 0. The zero-order chi connectivity index (χ0) is 68.2. The third-order valence-corrected chi connectivity index (χ3v) is 34.0. The predicted octanol–water partition coefficient (Wildman–Crippen LogP) is 20.8. The smallest absolute Gasteiger partial charge is 0.332 e. The lowest BCUT2D eigenvalue weighted by Gasteiger charge is -2.73. The van der Waals surface area contributed by atoms with E-state index in [1.807, 2.05) is 0 Å². The van der Waals surface area contributed by atoms with Gasteiger partial charge in [-0.25, -0.2) is 9.59 Å². The molecule has 0 aromatic heterocycles. The molecular weight excluding hydrogens is 1180 g/mol. The van der Waals surface area contributed by atoms with Crippen molar-refractivity contribution in [3.8, 4) is 0 Å². The molecule has 0 aliphatic heterocycles. The topological polar surface area (TPSA) is 143 Å². The Morgan fingerprint density at radius 3 is 1.27 bits per heavy atom. The van der Waals surface area contributed by atoms with Crippen LogP contribution in [0.25, 0.3) is 0 Å². The number of carboxylic acids is 1. The number of hydrogen-bond acceptors (Lipinski definition) is 8. The largest absolute Gasteiger partial charge is 0.480 e. The van der Waals surface area contributed by atoms with Crippen molar-refractivity contribution < 1.29 is 44.2 Å². The standard InChI is InChI=1S/C42H70O4.C30H50O2.C12H22O3.2CH4/c1-26(2)29-12-11-28(5)23-32(29)45-24-36(44)46-25-42-20-15-30(27(3)4)37(42)31-13-14-34-39(8)18-17-35(43)38(6,7)33(39)16-19-41(34,10)40(31,9)21-22-42;1-19(2)20-10-15-30(18-31)17-16-28(6)21(25(20)30)8-9-23-27(5)13-12-24(32)26(3,4)22(27)11-14-29(23,28)7;1-8(2)10-5-4-9(3)6-11(10)15-7-12(13)14;;/h26,28-35,37,43H,3,11-25H2,1-2,4-10H3;20-25,31-32H,1,8-18H2,2-7H3;8-11H,4-7H2,1-3H3,(H,13,14);2*1H4/t28-,29+,30-,31?,32-,33?,34?,35-,37?,39-,40+,41+,42+;20-,21?,22?,23?,24-,25?,27-,28+,29+,30+;9-,10+,11-;;/m000../s1. The van der Waals surface area contributed by atoms with Crippen molar-refractivity contribution in [2.75, 3.05) is 26.4 Å². The number of esters is 1. The van der Waals surface area contributed by atoms with E-state index in [1.54, 1.807) is 0 Å². The van der Waals surface area contributed by atoms with Gasteiger partial charge in [-0.3, -0.25) is 0 Å². The second-order valence-electron chi connectivity index (χ2n) is 39.4. The van der Waals surface area contributed by atoms with E-state index >= 15 is 0 Å². The van der Waals surface area contributed by atoms with Gasteiger partial charge in [-0.2, -0.15) is 0 Å². The lowest BCUT2D eigenvalue weighted by atomic mass is 9.32. The van der Waals surface area contributed by atoms with E-state index in [9.17, 15) is 24.9 Å². The molecule has 548 valence electrons. The van der Waals surface area contributed by atoms with Gasteiger partial charge >= 0.3 is 11.9 Å². The van der Waals surface area contributed by atoms with Crippen molar-refractivity contribution in [1.29, 1.82) is 0 Å². The molecule has 12 aliphatic rings. The quantitative estimate of drug-likeness (QED) is 0.105. The Bertz CT molecular complexity index is 2660. The van der Waals surface area contributed by atoms with E-state index in [2.05, 4.69) is 138 Å². The predicted molar refractivity (Wildman–Crippen MR) is 391 cm³/mol. The fraction of sp³-hybridized carbons (Fsp3) is 0.930. The van der Waals surface area contributed by atoms with E-state index < -0.39 is 5.97 Å². The van der Waals surface area contributed by atoms with Crippen LogP contribution in [0.2, 0.25) is 0 Å². The first-order chi connectivity index (χ1) is 43.4. The Morgan fingerprint density at radius 2 is 0.874 bits per heavy atom. The van der Waals surface area contributed by atoms with Crippen LogP contribution in [0, 0.1) is 149 Å². The molecule has 0 aromatic rings. The lowest BCUT2D eigenvalue weighted by Crippen LogP contribution is -2.66. The molecule has 26 atom stereocenters. The highest BCUT2D eigenvalue weighted by atomic mass is 16.6. The number of aliphatic hydroxyl groups excluding tert-OH is 3. The molecule has 0 spiro atoms. The number of carbonyl (C=O) groups excluding carboxylic acids is 1. The summed E-state index contributed by atoms with van der Waals surface area (Å²) in [5.41, 5.74) is 4.84. The summed E-state index contributed by atoms with van der Waals surface area (Å²) in [6.07, 6.45) is 31.2. The average molecular weight is 1330 g/mol. The molecular formula is C86H150O9. The summed E-state index contributed by atoms with van der Waals surface area (Å²) >= 11 is 0. The minimum Gasteiger partial charge on any atom is -0.480 e. The molecule has 12 rings (SSSR count). The van der Waals surface area contributed by atoms with E-state index in [0.29, 0.717) is 123 Å². The summed E-state index contributed by atoms with van der Waals surface area (Å²) in [5, 5.41) is 41.2. The SMILES string of the molecule is C.C.C=C(C)[C@@H]1CC[C@]2(CO)CC[C@]3(C)C(CCC4[C@@]5(C)CC[C@H](O)C(C)(C)C5CC[C@]43C)C12.C=C(C)[C@@H]1CC[C@]2(COC(=O)CO[C@H]3C[C@@H](C)CC[C@@H]3C(C)C)CC[C@]3(C)C(CCC4[C@@]5(C)CC[C@H](O)C(C)(C)C5CC[C@]43C)C12.CC(C)[C@H]1CC[C@H](C)C[C@@H]1OCC(=O)O. The van der Waals surface area contributed by atoms with Crippen molar-refractivity contribution in [1.82, 2.24) is 0 Å². The molecule has 0 amide bonds. The zero-order valence-corrected chi connectivity index (χ0v) is 63.0. The first-order valence-corrected chi connectivity index (χ1v) is 39.3. The minimum atomic E-state index is -0.865. The fourth-order valence-electron chi connectivity index (χ4n) is 28.3. The Balaban J connectivity index is 0.000000204. The third kappa shape index (κ3) is 13.3. The molecule has 4 N–H and O–H groups in total. The molecule has 9 heteroatoms. The number of carboxylic acid groups (broad SMARTS) is 1. The van der Waals surface area contributed by atoms with E-state index in [-0.39, 0.29) is 85.5 Å². The van der Waals surface area contributed by atoms with Crippen molar-refractivity contribution in [3.63, 3.8) is 0 Å². The summed E-state index contributed by atoms with van der Waals surface area (Å²) in [4.78, 5) is 23.8. The normalized spacial score (nSPS) is 48.2. The molecule has 0 bridgehead atoms. The fourth-order valence-corrected chi connectivity index (χ4v) is 28.3. The van der Waals surface area contributed by atoms with Crippen molar-refractivity contribution >= 4 is 11.9 Å². The van der Waals surface area contributed by atoms with Crippen LogP contribution in [0.15, 0.2) is 24.3 Å². The summed E-state index contributed by atoms with van der Waals surface area (Å²) in [7, 11) is 0. The minimum absolute atomic E-state index is 0. The van der Waals surface area contributed by atoms with Crippen LogP contribution in [0.5, 0.6) is 0 Å². The molecule has 12 saturated carbocycles. The highest BCUT2D eigenvalue weighted by Gasteiger charge is 2.73. The molecule has 0 saturated heterocycles. The monoisotopic (exact) mass is 1330 g/mol. The van der Waals surface area contributed by atoms with Gasteiger partial charge in [-0.1, -0.05) is 163 Å². The second-order valence-corrected chi connectivity index (χ2v) is 39.4. The number of aliphatic hydroxyl groups is 3. The molecule has 12 fully saturated rings. The number of carbonyl (C=O) groups is 2. The van der Waals surface area contributed by atoms with Crippen LogP contribution in [0.3, 0.4) is 0 Å². The van der Waals surface area contributed by atoms with Crippen LogP contribution in [0.4, 0.5) is 0 Å². The highest BCUT2D eigenvalue weighted by Crippen LogP contribution is 2.80. The maximum absolute atomic E-state index is 13.3. The molecule has 9 nitrogen and oxygen atoms in total. The highest BCUT2D eigenvalue weighted by molar-refractivity contribution is 5.70. The maximum Gasteiger partial charge on any atom is 0.332 e. The third-order valence-electron chi connectivity index (χ3n) is 34.0. The maximum atomic E-state index is 13.3. The number of rotatable bonds is 13. The number of fused-ring (bicyclic) bond motifs is 14. The van der Waals surface area contributed by atoms with E-state index in [0.717, 1.165) is 50.4 Å². The number of aliphatic carboxylic acids is 1. The van der Waals surface area contributed by atoms with Crippen molar-refractivity contribution in [2.24, 2.45) is 149 Å². The average Bonchev–Trinajstić information content (AvgIpc) is 1.58. The van der Waals surface area contributed by atoms with Gasteiger partial charge < -0.3 is 34.6 Å². The van der Waals surface area contributed by atoms with Crippen LogP contribution in [0.1, 0.15) is 306 Å². The number of hydrogen-bond donors (Lipinski definition) is 4. The van der Waals surface area contributed by atoms with Gasteiger partial charge in [0, 0.05) is 12.0 Å². The first-order valence-electron chi connectivity index (χ1n) is 39.3. The van der Waals surface area contributed by atoms with E-state index in [1.165, 1.54) is 140 Å². The number of ether oxygens (including phenoxy) is 3. The first kappa shape index (κ1) is 78.9. The van der Waals surface area contributed by atoms with Gasteiger partial charge in [-0.15, -0.1) is 0 Å². The van der Waals surface area contributed by atoms with Crippen molar-refractivity contribution in [3.05, 3.63) is 24.3 Å². The number of allylic oxidation sites excluding steroid dienone is 2. The Labute approximate surface area is 583 Å². The molecule has 0 radical (unpaired) electrons.